The third kappa shape index (κ3) is 3.30. The molecule has 15 heavy (non-hydrogen) atoms. The molecule has 0 radical (unpaired) electrons. The summed E-state index contributed by atoms with van der Waals surface area (Å²) in [5, 5.41) is 19.8. The van der Waals surface area contributed by atoms with Crippen molar-refractivity contribution in [3.63, 3.8) is 0 Å². The summed E-state index contributed by atoms with van der Waals surface area (Å²) in [5.74, 6) is 0. The van der Waals surface area contributed by atoms with E-state index < -0.39 is 6.09 Å². The number of amides is 1. The SMILES string of the molecule is CN(Cc1ccc(C=NO)cc1)C(=O)O. The molecule has 0 saturated carbocycles. The predicted octanol–water partition coefficient (Wildman–Crippen LogP) is 1.60. The molecular weight excluding hydrogens is 196 g/mol. The number of rotatable bonds is 3. The Morgan fingerprint density at radius 2 is 2.07 bits per heavy atom. The second-order valence-corrected chi connectivity index (χ2v) is 3.12. The second kappa shape index (κ2) is 4.99. The lowest BCUT2D eigenvalue weighted by Crippen LogP contribution is -2.23. The zero-order chi connectivity index (χ0) is 11.3. The quantitative estimate of drug-likeness (QED) is 0.450. The summed E-state index contributed by atoms with van der Waals surface area (Å²) in [7, 11) is 1.51. The molecule has 80 valence electrons. The first-order valence-corrected chi connectivity index (χ1v) is 4.34. The van der Waals surface area contributed by atoms with Crippen LogP contribution in [0, 0.1) is 0 Å². The zero-order valence-corrected chi connectivity index (χ0v) is 8.29. The van der Waals surface area contributed by atoms with Crippen LogP contribution in [0.1, 0.15) is 11.1 Å². The summed E-state index contributed by atoms with van der Waals surface area (Å²) < 4.78 is 0. The number of hydrogen-bond acceptors (Lipinski definition) is 3. The van der Waals surface area contributed by atoms with Crippen molar-refractivity contribution in [2.75, 3.05) is 7.05 Å². The number of nitrogens with zero attached hydrogens (tertiary/aromatic N) is 2. The molecule has 0 aliphatic carbocycles. The van der Waals surface area contributed by atoms with Gasteiger partial charge in [0.05, 0.1) is 6.21 Å². The maximum absolute atomic E-state index is 10.5. The van der Waals surface area contributed by atoms with E-state index in [0.717, 1.165) is 11.1 Å². The molecule has 1 aromatic carbocycles. The van der Waals surface area contributed by atoms with Crippen LogP contribution in [0.3, 0.4) is 0 Å². The van der Waals surface area contributed by atoms with E-state index >= 15 is 0 Å². The zero-order valence-electron chi connectivity index (χ0n) is 8.29. The standard InChI is InChI=1S/C10H12N2O3/c1-12(10(13)14)7-9-4-2-8(3-5-9)6-11-15/h2-6,15H,7H2,1H3,(H,13,14). The van der Waals surface area contributed by atoms with Crippen molar-refractivity contribution in [1.29, 1.82) is 0 Å². The van der Waals surface area contributed by atoms with Crippen molar-refractivity contribution in [2.45, 2.75) is 6.54 Å². The third-order valence-corrected chi connectivity index (χ3v) is 1.93. The maximum Gasteiger partial charge on any atom is 0.407 e. The molecule has 0 heterocycles. The van der Waals surface area contributed by atoms with Crippen molar-refractivity contribution >= 4 is 12.3 Å². The molecule has 0 atom stereocenters. The van der Waals surface area contributed by atoms with Gasteiger partial charge in [-0.2, -0.15) is 0 Å². The molecule has 1 amide bonds. The normalized spacial score (nSPS) is 10.5. The van der Waals surface area contributed by atoms with Crippen LogP contribution in [0.25, 0.3) is 0 Å². The Hall–Kier alpha value is -2.04. The fraction of sp³-hybridized carbons (Fsp3) is 0.200. The van der Waals surface area contributed by atoms with Gasteiger partial charge >= 0.3 is 6.09 Å². The fourth-order valence-corrected chi connectivity index (χ4v) is 1.12. The molecule has 0 bridgehead atoms. The molecule has 0 aromatic heterocycles. The molecule has 1 rings (SSSR count). The highest BCUT2D eigenvalue weighted by Crippen LogP contribution is 2.05. The Morgan fingerprint density at radius 3 is 2.53 bits per heavy atom. The summed E-state index contributed by atoms with van der Waals surface area (Å²) in [6.45, 7) is 0.339. The van der Waals surface area contributed by atoms with Crippen molar-refractivity contribution in [3.05, 3.63) is 35.4 Å². The molecule has 2 N–H and O–H groups in total. The number of hydrogen-bond donors (Lipinski definition) is 2. The lowest BCUT2D eigenvalue weighted by atomic mass is 10.1. The van der Waals surface area contributed by atoms with Gasteiger partial charge in [-0.25, -0.2) is 4.79 Å². The topological polar surface area (TPSA) is 73.1 Å². The average Bonchev–Trinajstić information content (AvgIpc) is 2.21. The van der Waals surface area contributed by atoms with Crippen LogP contribution in [0.5, 0.6) is 0 Å². The highest BCUT2D eigenvalue weighted by Gasteiger charge is 2.05. The van der Waals surface area contributed by atoms with E-state index in [-0.39, 0.29) is 0 Å². The Labute approximate surface area is 87.3 Å². The van der Waals surface area contributed by atoms with Gasteiger partial charge in [-0.1, -0.05) is 29.4 Å². The molecule has 1 aromatic rings. The van der Waals surface area contributed by atoms with E-state index in [2.05, 4.69) is 5.16 Å². The number of benzene rings is 1. The summed E-state index contributed by atoms with van der Waals surface area (Å²) in [6.07, 6.45) is 0.348. The Morgan fingerprint density at radius 1 is 1.47 bits per heavy atom. The monoisotopic (exact) mass is 208 g/mol. The van der Waals surface area contributed by atoms with Gasteiger partial charge in [-0.3, -0.25) is 0 Å². The van der Waals surface area contributed by atoms with E-state index in [0.29, 0.717) is 6.54 Å². The van der Waals surface area contributed by atoms with E-state index in [1.807, 2.05) is 0 Å². The van der Waals surface area contributed by atoms with Crippen molar-refractivity contribution in [3.8, 4) is 0 Å². The smallest absolute Gasteiger partial charge is 0.407 e. The van der Waals surface area contributed by atoms with Crippen LogP contribution < -0.4 is 0 Å². The number of oxime groups is 1. The lowest BCUT2D eigenvalue weighted by molar-refractivity contribution is 0.154. The molecule has 0 aliphatic heterocycles. The van der Waals surface area contributed by atoms with Crippen LogP contribution in [0.2, 0.25) is 0 Å². The minimum Gasteiger partial charge on any atom is -0.465 e. The van der Waals surface area contributed by atoms with Gasteiger partial charge in [0.15, 0.2) is 0 Å². The van der Waals surface area contributed by atoms with Crippen molar-refractivity contribution < 1.29 is 15.1 Å². The summed E-state index contributed by atoms with van der Waals surface area (Å²) >= 11 is 0. The van der Waals surface area contributed by atoms with Gasteiger partial charge in [0.1, 0.15) is 0 Å². The largest absolute Gasteiger partial charge is 0.465 e. The second-order valence-electron chi connectivity index (χ2n) is 3.12. The predicted molar refractivity (Wildman–Crippen MR) is 55.3 cm³/mol. The molecule has 5 heteroatoms. The Balaban J connectivity index is 2.68. The maximum atomic E-state index is 10.5. The van der Waals surface area contributed by atoms with Crippen LogP contribution in [-0.2, 0) is 6.54 Å². The first-order valence-electron chi connectivity index (χ1n) is 4.34. The van der Waals surface area contributed by atoms with E-state index in [1.165, 1.54) is 18.2 Å². The Kier molecular flexibility index (Phi) is 3.68. The van der Waals surface area contributed by atoms with Gasteiger partial charge < -0.3 is 15.2 Å². The van der Waals surface area contributed by atoms with Gasteiger partial charge in [0.25, 0.3) is 0 Å². The highest BCUT2D eigenvalue weighted by atomic mass is 16.4. The Bertz CT molecular complexity index is 359. The summed E-state index contributed by atoms with van der Waals surface area (Å²) in [6, 6.07) is 7.09. The van der Waals surface area contributed by atoms with Crippen LogP contribution in [0.15, 0.2) is 29.4 Å². The molecule has 0 fully saturated rings. The average molecular weight is 208 g/mol. The first kappa shape index (κ1) is 11.0. The van der Waals surface area contributed by atoms with Gasteiger partial charge in [-0.15, -0.1) is 0 Å². The number of carbonyl (C=O) groups is 1. The van der Waals surface area contributed by atoms with E-state index in [1.54, 1.807) is 24.3 Å². The highest BCUT2D eigenvalue weighted by molar-refractivity contribution is 5.78. The molecule has 5 nitrogen and oxygen atoms in total. The summed E-state index contributed by atoms with van der Waals surface area (Å²) in [5.41, 5.74) is 1.65. The molecule has 0 aliphatic rings. The molecular formula is C10H12N2O3. The fourth-order valence-electron chi connectivity index (χ4n) is 1.12. The molecule has 0 unspecified atom stereocenters. The van der Waals surface area contributed by atoms with Crippen LogP contribution >= 0.6 is 0 Å². The molecule has 0 spiro atoms. The van der Waals surface area contributed by atoms with Crippen molar-refractivity contribution in [1.82, 2.24) is 4.90 Å². The minimum absolute atomic E-state index is 0.339. The van der Waals surface area contributed by atoms with Gasteiger partial charge in [0.2, 0.25) is 0 Å². The van der Waals surface area contributed by atoms with Crippen LogP contribution in [0.4, 0.5) is 4.79 Å². The molecule has 0 saturated heterocycles. The van der Waals surface area contributed by atoms with Crippen molar-refractivity contribution in [2.24, 2.45) is 5.16 Å². The number of carboxylic acid groups (broad SMARTS) is 1. The van der Waals surface area contributed by atoms with E-state index in [4.69, 9.17) is 10.3 Å². The third-order valence-electron chi connectivity index (χ3n) is 1.93. The van der Waals surface area contributed by atoms with Crippen LogP contribution in [-0.4, -0.2) is 34.6 Å². The summed E-state index contributed by atoms with van der Waals surface area (Å²) in [4.78, 5) is 11.7. The lowest BCUT2D eigenvalue weighted by Gasteiger charge is -2.12. The minimum atomic E-state index is -0.962. The first-order chi connectivity index (χ1) is 7.13. The van der Waals surface area contributed by atoms with E-state index in [9.17, 15) is 4.79 Å². The van der Waals surface area contributed by atoms with Gasteiger partial charge in [0, 0.05) is 13.6 Å². The van der Waals surface area contributed by atoms with Gasteiger partial charge in [-0.05, 0) is 11.1 Å².